The van der Waals surface area contributed by atoms with Crippen LogP contribution in [-0.2, 0) is 16.0 Å². The van der Waals surface area contributed by atoms with Gasteiger partial charge < -0.3 is 16.4 Å². The fourth-order valence-electron chi connectivity index (χ4n) is 2.80. The number of nitrogens with two attached hydrogens (primary N) is 1. The van der Waals surface area contributed by atoms with E-state index in [4.69, 9.17) is 5.73 Å². The number of rotatable bonds is 6. The normalized spacial score (nSPS) is 16.0. The quantitative estimate of drug-likeness (QED) is 0.735. The van der Waals surface area contributed by atoms with Gasteiger partial charge in [-0.1, -0.05) is 49.6 Å². The summed E-state index contributed by atoms with van der Waals surface area (Å²) in [6.07, 6.45) is 5.27. The van der Waals surface area contributed by atoms with E-state index in [0.717, 1.165) is 25.7 Å². The van der Waals surface area contributed by atoms with E-state index in [1.807, 2.05) is 30.3 Å². The summed E-state index contributed by atoms with van der Waals surface area (Å²) in [5, 5.41) is 5.47. The van der Waals surface area contributed by atoms with Crippen LogP contribution < -0.4 is 16.4 Å². The summed E-state index contributed by atoms with van der Waals surface area (Å²) >= 11 is 0. The maximum Gasteiger partial charge on any atom is 0.240 e. The second-order valence-electron chi connectivity index (χ2n) is 5.99. The van der Waals surface area contributed by atoms with Crippen molar-refractivity contribution in [1.82, 2.24) is 10.6 Å². The lowest BCUT2D eigenvalue weighted by Crippen LogP contribution is -2.56. The molecule has 0 unspecified atom stereocenters. The fraction of sp³-hybridized carbons (Fsp3) is 0.529. The van der Waals surface area contributed by atoms with Gasteiger partial charge in [0.1, 0.15) is 0 Å². The molecule has 1 aromatic rings. The van der Waals surface area contributed by atoms with Gasteiger partial charge in [0, 0.05) is 6.54 Å². The zero-order valence-electron chi connectivity index (χ0n) is 13.3. The van der Waals surface area contributed by atoms with E-state index < -0.39 is 5.54 Å². The molecule has 1 aliphatic rings. The molecule has 0 radical (unpaired) electrons. The predicted molar refractivity (Wildman–Crippen MR) is 93.4 cm³/mol. The van der Waals surface area contributed by atoms with E-state index in [2.05, 4.69) is 10.6 Å². The minimum absolute atomic E-state index is 0. The Morgan fingerprint density at radius 2 is 1.70 bits per heavy atom. The first kappa shape index (κ1) is 19.5. The van der Waals surface area contributed by atoms with Gasteiger partial charge in [-0.25, -0.2) is 0 Å². The minimum Gasteiger partial charge on any atom is -0.354 e. The summed E-state index contributed by atoms with van der Waals surface area (Å²) in [5.41, 5.74) is 6.51. The van der Waals surface area contributed by atoms with Crippen molar-refractivity contribution in [3.8, 4) is 0 Å². The van der Waals surface area contributed by atoms with Gasteiger partial charge in [-0.3, -0.25) is 9.59 Å². The highest BCUT2D eigenvalue weighted by molar-refractivity contribution is 5.90. The van der Waals surface area contributed by atoms with Gasteiger partial charge in [-0.05, 0) is 24.8 Å². The SMILES string of the molecule is Cl.NC1(C(=O)NCC(=O)NCCc2ccccc2)CCCCC1. The number of hydrogen-bond acceptors (Lipinski definition) is 3. The number of carbonyl (C=O) groups is 2. The van der Waals surface area contributed by atoms with Crippen molar-refractivity contribution in [2.75, 3.05) is 13.1 Å². The van der Waals surface area contributed by atoms with Gasteiger partial charge in [-0.15, -0.1) is 12.4 Å². The van der Waals surface area contributed by atoms with Gasteiger partial charge in [0.05, 0.1) is 12.1 Å². The highest BCUT2D eigenvalue weighted by Gasteiger charge is 2.35. The number of halogens is 1. The molecule has 5 nitrogen and oxygen atoms in total. The highest BCUT2D eigenvalue weighted by Crippen LogP contribution is 2.25. The lowest BCUT2D eigenvalue weighted by Gasteiger charge is -2.31. The smallest absolute Gasteiger partial charge is 0.240 e. The third-order valence-corrected chi connectivity index (χ3v) is 4.19. The predicted octanol–water partition coefficient (Wildman–Crippen LogP) is 1.54. The van der Waals surface area contributed by atoms with E-state index >= 15 is 0 Å². The lowest BCUT2D eigenvalue weighted by molar-refractivity contribution is -0.130. The summed E-state index contributed by atoms with van der Waals surface area (Å²) in [7, 11) is 0. The van der Waals surface area contributed by atoms with Crippen molar-refractivity contribution in [2.45, 2.75) is 44.1 Å². The van der Waals surface area contributed by atoms with Crippen molar-refractivity contribution < 1.29 is 9.59 Å². The molecular formula is C17H26ClN3O2. The molecule has 23 heavy (non-hydrogen) atoms. The first-order valence-electron chi connectivity index (χ1n) is 7.98. The summed E-state index contributed by atoms with van der Waals surface area (Å²) in [4.78, 5) is 23.9. The highest BCUT2D eigenvalue weighted by atomic mass is 35.5. The maximum atomic E-state index is 12.1. The zero-order chi connectivity index (χ0) is 15.8. The monoisotopic (exact) mass is 339 g/mol. The first-order valence-corrected chi connectivity index (χ1v) is 7.98. The molecule has 0 aromatic heterocycles. The number of amides is 2. The second kappa shape index (κ2) is 9.53. The Kier molecular flexibility index (Phi) is 8.06. The van der Waals surface area contributed by atoms with Gasteiger partial charge in [-0.2, -0.15) is 0 Å². The number of carbonyl (C=O) groups excluding carboxylic acids is 2. The Hall–Kier alpha value is -1.59. The molecule has 2 rings (SSSR count). The molecule has 0 spiro atoms. The van der Waals surface area contributed by atoms with Crippen LogP contribution in [0.3, 0.4) is 0 Å². The largest absolute Gasteiger partial charge is 0.354 e. The molecule has 1 aliphatic carbocycles. The summed E-state index contributed by atoms with van der Waals surface area (Å²) in [5.74, 6) is -0.380. The van der Waals surface area contributed by atoms with Crippen LogP contribution in [0.2, 0.25) is 0 Å². The van der Waals surface area contributed by atoms with Crippen LogP contribution in [0.4, 0.5) is 0 Å². The fourth-order valence-corrected chi connectivity index (χ4v) is 2.80. The molecule has 0 atom stereocenters. The van der Waals surface area contributed by atoms with Crippen LogP contribution in [0, 0.1) is 0 Å². The van der Waals surface area contributed by atoms with E-state index in [-0.39, 0.29) is 30.8 Å². The van der Waals surface area contributed by atoms with Crippen molar-refractivity contribution >= 4 is 24.2 Å². The van der Waals surface area contributed by atoms with E-state index in [1.165, 1.54) is 5.56 Å². The number of nitrogens with one attached hydrogen (secondary N) is 2. The van der Waals surface area contributed by atoms with Gasteiger partial charge >= 0.3 is 0 Å². The van der Waals surface area contributed by atoms with Gasteiger partial charge in [0.2, 0.25) is 11.8 Å². The molecule has 4 N–H and O–H groups in total. The molecule has 1 aromatic carbocycles. The topological polar surface area (TPSA) is 84.2 Å². The van der Waals surface area contributed by atoms with Crippen LogP contribution in [0.25, 0.3) is 0 Å². The molecule has 128 valence electrons. The van der Waals surface area contributed by atoms with Crippen LogP contribution >= 0.6 is 12.4 Å². The Morgan fingerprint density at radius 3 is 2.35 bits per heavy atom. The molecule has 0 heterocycles. The Balaban J connectivity index is 0.00000264. The number of hydrogen-bond donors (Lipinski definition) is 3. The summed E-state index contributed by atoms with van der Waals surface area (Å²) < 4.78 is 0. The summed E-state index contributed by atoms with van der Waals surface area (Å²) in [6, 6.07) is 9.96. The molecule has 0 saturated heterocycles. The van der Waals surface area contributed by atoms with E-state index in [0.29, 0.717) is 19.4 Å². The van der Waals surface area contributed by atoms with E-state index in [1.54, 1.807) is 0 Å². The molecule has 6 heteroatoms. The van der Waals surface area contributed by atoms with Gasteiger partial charge in [0.25, 0.3) is 0 Å². The third kappa shape index (κ3) is 6.20. The Morgan fingerprint density at radius 1 is 1.04 bits per heavy atom. The Labute approximate surface area is 143 Å². The summed E-state index contributed by atoms with van der Waals surface area (Å²) in [6.45, 7) is 0.555. The Bertz CT molecular complexity index is 502. The van der Waals surface area contributed by atoms with Crippen molar-refractivity contribution in [2.24, 2.45) is 5.73 Å². The number of benzene rings is 1. The van der Waals surface area contributed by atoms with Crippen LogP contribution in [0.1, 0.15) is 37.7 Å². The molecular weight excluding hydrogens is 314 g/mol. The standard InChI is InChI=1S/C17H25N3O2.ClH/c18-17(10-5-2-6-11-17)16(22)20-13-15(21)19-12-9-14-7-3-1-4-8-14;/h1,3-4,7-8H,2,5-6,9-13,18H2,(H,19,21)(H,20,22);1H. The van der Waals surface area contributed by atoms with Crippen LogP contribution in [-0.4, -0.2) is 30.4 Å². The molecule has 1 fully saturated rings. The molecule has 2 amide bonds. The van der Waals surface area contributed by atoms with E-state index in [9.17, 15) is 9.59 Å². The minimum atomic E-state index is -0.789. The van der Waals surface area contributed by atoms with Gasteiger partial charge in [0.15, 0.2) is 0 Å². The zero-order valence-corrected chi connectivity index (χ0v) is 14.2. The molecule has 1 saturated carbocycles. The van der Waals surface area contributed by atoms with Crippen molar-refractivity contribution in [3.05, 3.63) is 35.9 Å². The molecule has 0 bridgehead atoms. The lowest BCUT2D eigenvalue weighted by atomic mass is 9.82. The molecule has 0 aliphatic heterocycles. The average molecular weight is 340 g/mol. The second-order valence-corrected chi connectivity index (χ2v) is 5.99. The maximum absolute atomic E-state index is 12.1. The van der Waals surface area contributed by atoms with Crippen LogP contribution in [0.15, 0.2) is 30.3 Å². The van der Waals surface area contributed by atoms with Crippen LogP contribution in [0.5, 0.6) is 0 Å². The first-order chi connectivity index (χ1) is 10.6. The van der Waals surface area contributed by atoms with Crippen molar-refractivity contribution in [1.29, 1.82) is 0 Å². The van der Waals surface area contributed by atoms with Crippen molar-refractivity contribution in [3.63, 3.8) is 0 Å². The third-order valence-electron chi connectivity index (χ3n) is 4.19. The average Bonchev–Trinajstić information content (AvgIpc) is 2.54.